The third-order valence-corrected chi connectivity index (χ3v) is 4.17. The van der Waals surface area contributed by atoms with E-state index < -0.39 is 0 Å². The van der Waals surface area contributed by atoms with E-state index in [-0.39, 0.29) is 5.43 Å². The van der Waals surface area contributed by atoms with Crippen molar-refractivity contribution in [2.45, 2.75) is 39.0 Å². The van der Waals surface area contributed by atoms with Crippen molar-refractivity contribution >= 4 is 22.5 Å². The summed E-state index contributed by atoms with van der Waals surface area (Å²) in [6, 6.07) is 3.78. The maximum absolute atomic E-state index is 12.6. The van der Waals surface area contributed by atoms with Gasteiger partial charge in [0.2, 0.25) is 0 Å². The van der Waals surface area contributed by atoms with Gasteiger partial charge in [-0.2, -0.15) is 0 Å². The molecule has 0 saturated heterocycles. The summed E-state index contributed by atoms with van der Waals surface area (Å²) in [6.45, 7) is 1.97. The van der Waals surface area contributed by atoms with Crippen molar-refractivity contribution in [3.05, 3.63) is 44.2 Å². The van der Waals surface area contributed by atoms with Gasteiger partial charge >= 0.3 is 0 Å². The second kappa shape index (κ2) is 4.43. The van der Waals surface area contributed by atoms with E-state index >= 15 is 0 Å². The van der Waals surface area contributed by atoms with Gasteiger partial charge in [-0.05, 0) is 44.2 Å². The average molecular weight is 262 g/mol. The van der Waals surface area contributed by atoms with Crippen LogP contribution in [-0.4, -0.2) is 4.98 Å². The summed E-state index contributed by atoms with van der Waals surface area (Å²) in [6.07, 6.45) is 5.32. The molecule has 0 spiro atoms. The van der Waals surface area contributed by atoms with E-state index in [1.54, 1.807) is 0 Å². The first-order chi connectivity index (χ1) is 8.68. The molecule has 1 aromatic carbocycles. The van der Waals surface area contributed by atoms with Gasteiger partial charge in [-0.25, -0.2) is 0 Å². The molecule has 1 aromatic heterocycles. The van der Waals surface area contributed by atoms with Gasteiger partial charge in [-0.15, -0.1) is 0 Å². The van der Waals surface area contributed by atoms with Gasteiger partial charge in [0.15, 0.2) is 5.43 Å². The molecule has 1 aliphatic rings. The monoisotopic (exact) mass is 261 g/mol. The Balaban J connectivity index is 2.42. The summed E-state index contributed by atoms with van der Waals surface area (Å²) < 4.78 is 0. The van der Waals surface area contributed by atoms with E-state index in [1.807, 2.05) is 19.1 Å². The fraction of sp³-hybridized carbons (Fsp3) is 0.400. The zero-order chi connectivity index (χ0) is 12.7. The number of halogens is 1. The molecule has 18 heavy (non-hydrogen) atoms. The van der Waals surface area contributed by atoms with E-state index in [1.165, 1.54) is 6.42 Å². The molecule has 0 radical (unpaired) electrons. The van der Waals surface area contributed by atoms with Crippen LogP contribution in [0.15, 0.2) is 16.9 Å². The highest BCUT2D eigenvalue weighted by Gasteiger charge is 2.16. The highest BCUT2D eigenvalue weighted by atomic mass is 35.5. The third kappa shape index (κ3) is 1.76. The fourth-order valence-electron chi connectivity index (χ4n) is 2.87. The molecule has 0 aliphatic heterocycles. The van der Waals surface area contributed by atoms with Crippen LogP contribution in [0.3, 0.4) is 0 Å². The van der Waals surface area contributed by atoms with Crippen molar-refractivity contribution in [2.75, 3.05) is 0 Å². The molecule has 0 saturated carbocycles. The Morgan fingerprint density at radius 2 is 1.94 bits per heavy atom. The zero-order valence-corrected chi connectivity index (χ0v) is 11.2. The van der Waals surface area contributed by atoms with Crippen molar-refractivity contribution in [2.24, 2.45) is 0 Å². The number of aromatic nitrogens is 1. The lowest BCUT2D eigenvalue weighted by Gasteiger charge is -2.10. The van der Waals surface area contributed by atoms with E-state index in [4.69, 9.17) is 11.6 Å². The van der Waals surface area contributed by atoms with Crippen LogP contribution < -0.4 is 5.43 Å². The second-order valence-corrected chi connectivity index (χ2v) is 5.49. The number of hydrogen-bond acceptors (Lipinski definition) is 1. The third-order valence-electron chi connectivity index (χ3n) is 3.86. The van der Waals surface area contributed by atoms with E-state index in [0.717, 1.165) is 53.4 Å². The first-order valence-corrected chi connectivity index (χ1v) is 6.89. The molecule has 0 amide bonds. The minimum atomic E-state index is 0.181. The standard InChI is InChI=1S/C15H16ClNO/c1-9-7-8-11(16)14-13(9)15(18)10-5-3-2-4-6-12(10)17-14/h7-8H,2-6H2,1H3,(H,17,18). The quantitative estimate of drug-likeness (QED) is 0.720. The SMILES string of the molecule is Cc1ccc(Cl)c2[nH]c3c(c(=O)c12)CCCCC3. The summed E-state index contributed by atoms with van der Waals surface area (Å²) in [5, 5.41) is 1.41. The molecule has 0 atom stereocenters. The molecule has 0 bridgehead atoms. The van der Waals surface area contributed by atoms with Crippen molar-refractivity contribution in [3.8, 4) is 0 Å². The highest BCUT2D eigenvalue weighted by molar-refractivity contribution is 6.35. The molecule has 3 heteroatoms. The molecule has 1 aliphatic carbocycles. The number of pyridine rings is 1. The molecule has 1 heterocycles. The predicted molar refractivity (Wildman–Crippen MR) is 75.6 cm³/mol. The van der Waals surface area contributed by atoms with Crippen molar-refractivity contribution in [1.29, 1.82) is 0 Å². The number of fused-ring (bicyclic) bond motifs is 2. The van der Waals surface area contributed by atoms with E-state index in [0.29, 0.717) is 5.02 Å². The number of H-pyrrole nitrogens is 1. The Kier molecular flexibility index (Phi) is 2.90. The second-order valence-electron chi connectivity index (χ2n) is 5.09. The van der Waals surface area contributed by atoms with Gasteiger partial charge in [0.25, 0.3) is 0 Å². The van der Waals surface area contributed by atoms with Crippen LogP contribution in [0.2, 0.25) is 5.02 Å². The Morgan fingerprint density at radius 3 is 2.78 bits per heavy atom. The Labute approximate surface area is 111 Å². The predicted octanol–water partition coefficient (Wildman–Crippen LogP) is 3.76. The zero-order valence-electron chi connectivity index (χ0n) is 10.5. The molecular formula is C15H16ClNO. The van der Waals surface area contributed by atoms with Crippen LogP contribution in [-0.2, 0) is 12.8 Å². The Hall–Kier alpha value is -1.28. The number of rotatable bonds is 0. The van der Waals surface area contributed by atoms with Gasteiger partial charge in [0, 0.05) is 11.3 Å². The van der Waals surface area contributed by atoms with Gasteiger partial charge in [-0.3, -0.25) is 4.79 Å². The first kappa shape index (κ1) is 11.8. The summed E-state index contributed by atoms with van der Waals surface area (Å²) in [7, 11) is 0. The molecule has 2 aromatic rings. The first-order valence-electron chi connectivity index (χ1n) is 6.51. The lowest BCUT2D eigenvalue weighted by atomic mass is 10.0. The van der Waals surface area contributed by atoms with Crippen molar-refractivity contribution in [1.82, 2.24) is 4.98 Å². The van der Waals surface area contributed by atoms with Crippen LogP contribution in [0.1, 0.15) is 36.1 Å². The molecular weight excluding hydrogens is 246 g/mol. The van der Waals surface area contributed by atoms with Crippen molar-refractivity contribution in [3.63, 3.8) is 0 Å². The highest BCUT2D eigenvalue weighted by Crippen LogP contribution is 2.26. The summed E-state index contributed by atoms with van der Waals surface area (Å²) in [5.41, 5.74) is 4.06. The van der Waals surface area contributed by atoms with Gasteiger partial charge in [-0.1, -0.05) is 24.1 Å². The summed E-state index contributed by atoms with van der Waals surface area (Å²) >= 11 is 6.21. The van der Waals surface area contributed by atoms with E-state index in [2.05, 4.69) is 4.98 Å². The molecule has 3 rings (SSSR count). The van der Waals surface area contributed by atoms with Gasteiger partial charge in [0.1, 0.15) is 0 Å². The molecule has 0 unspecified atom stereocenters. The van der Waals surface area contributed by atoms with Crippen LogP contribution in [0.25, 0.3) is 10.9 Å². The number of aryl methyl sites for hydroxylation is 2. The summed E-state index contributed by atoms with van der Waals surface area (Å²) in [5.74, 6) is 0. The minimum Gasteiger partial charge on any atom is -0.357 e. The van der Waals surface area contributed by atoms with Crippen LogP contribution in [0.4, 0.5) is 0 Å². The lowest BCUT2D eigenvalue weighted by Crippen LogP contribution is -2.15. The number of aromatic amines is 1. The van der Waals surface area contributed by atoms with E-state index in [9.17, 15) is 4.79 Å². The molecule has 94 valence electrons. The largest absolute Gasteiger partial charge is 0.357 e. The Bertz CT molecular complexity index is 672. The summed E-state index contributed by atoms with van der Waals surface area (Å²) in [4.78, 5) is 16.0. The minimum absolute atomic E-state index is 0.181. The average Bonchev–Trinajstić information content (AvgIpc) is 2.59. The Morgan fingerprint density at radius 1 is 1.17 bits per heavy atom. The molecule has 1 N–H and O–H groups in total. The van der Waals surface area contributed by atoms with Crippen LogP contribution in [0.5, 0.6) is 0 Å². The fourth-order valence-corrected chi connectivity index (χ4v) is 3.07. The van der Waals surface area contributed by atoms with Gasteiger partial charge < -0.3 is 4.98 Å². The van der Waals surface area contributed by atoms with Crippen molar-refractivity contribution < 1.29 is 0 Å². The van der Waals surface area contributed by atoms with Gasteiger partial charge in [0.05, 0.1) is 15.9 Å². The molecule has 0 fully saturated rings. The maximum atomic E-state index is 12.6. The van der Waals surface area contributed by atoms with Crippen LogP contribution in [0, 0.1) is 6.92 Å². The van der Waals surface area contributed by atoms with Crippen LogP contribution >= 0.6 is 11.6 Å². The molecule has 2 nitrogen and oxygen atoms in total. The number of benzene rings is 1. The normalized spacial score (nSPS) is 15.4. The maximum Gasteiger partial charge on any atom is 0.193 e. The number of nitrogens with one attached hydrogen (secondary N) is 1. The lowest BCUT2D eigenvalue weighted by molar-refractivity contribution is 0.708. The topological polar surface area (TPSA) is 32.9 Å². The number of hydrogen-bond donors (Lipinski definition) is 1. The smallest absolute Gasteiger partial charge is 0.193 e.